The molecule has 2 heteroatoms. The van der Waals surface area contributed by atoms with Crippen LogP contribution < -0.4 is 0 Å². The first-order chi connectivity index (χ1) is 8.92. The number of fused-ring (bicyclic) bond motifs is 3. The van der Waals surface area contributed by atoms with E-state index in [-0.39, 0.29) is 12.1 Å². The molecule has 2 unspecified atom stereocenters. The normalized spacial score (nSPS) is 24.1. The zero-order valence-electron chi connectivity index (χ0n) is 9.91. The summed E-state index contributed by atoms with van der Waals surface area (Å²) in [6, 6.07) is 18.8. The van der Waals surface area contributed by atoms with Gasteiger partial charge in [0, 0.05) is 12.0 Å². The zero-order valence-corrected chi connectivity index (χ0v) is 9.91. The lowest BCUT2D eigenvalue weighted by Gasteiger charge is -2.08. The van der Waals surface area contributed by atoms with E-state index in [0.717, 1.165) is 17.9 Å². The van der Waals surface area contributed by atoms with Crippen molar-refractivity contribution in [2.75, 3.05) is 0 Å². The van der Waals surface area contributed by atoms with Crippen LogP contribution in [0.1, 0.15) is 22.7 Å². The van der Waals surface area contributed by atoms with Gasteiger partial charge in [0.15, 0.2) is 0 Å². The van der Waals surface area contributed by atoms with Crippen molar-refractivity contribution in [2.24, 2.45) is 4.99 Å². The van der Waals surface area contributed by atoms with Crippen LogP contribution in [0.25, 0.3) is 0 Å². The van der Waals surface area contributed by atoms with Crippen molar-refractivity contribution in [3.05, 3.63) is 71.3 Å². The van der Waals surface area contributed by atoms with Gasteiger partial charge in [-0.1, -0.05) is 42.5 Å². The van der Waals surface area contributed by atoms with E-state index < -0.39 is 0 Å². The predicted octanol–water partition coefficient (Wildman–Crippen LogP) is 3.13. The van der Waals surface area contributed by atoms with E-state index in [2.05, 4.69) is 24.3 Å². The third-order valence-electron chi connectivity index (χ3n) is 3.69. The fourth-order valence-electron chi connectivity index (χ4n) is 2.82. The fourth-order valence-corrected chi connectivity index (χ4v) is 2.82. The molecule has 2 aromatic rings. The lowest BCUT2D eigenvalue weighted by atomic mass is 10.1. The first-order valence-electron chi connectivity index (χ1n) is 6.29. The van der Waals surface area contributed by atoms with Gasteiger partial charge >= 0.3 is 0 Å². The molecule has 0 saturated carbocycles. The molecule has 0 radical (unpaired) electrons. The monoisotopic (exact) mass is 235 g/mol. The van der Waals surface area contributed by atoms with Gasteiger partial charge in [0.1, 0.15) is 12.1 Å². The van der Waals surface area contributed by atoms with Gasteiger partial charge in [-0.2, -0.15) is 0 Å². The minimum atomic E-state index is 0.191. The quantitative estimate of drug-likeness (QED) is 0.744. The van der Waals surface area contributed by atoms with Crippen LogP contribution in [0.5, 0.6) is 0 Å². The summed E-state index contributed by atoms with van der Waals surface area (Å²) in [5.74, 6) is 0.792. The molecule has 1 aliphatic heterocycles. The molecule has 2 aromatic carbocycles. The Labute approximate surface area is 106 Å². The second-order valence-corrected chi connectivity index (χ2v) is 4.80. The van der Waals surface area contributed by atoms with Crippen LogP contribution in [-0.4, -0.2) is 12.0 Å². The molecule has 1 aliphatic carbocycles. The summed E-state index contributed by atoms with van der Waals surface area (Å²) in [4.78, 5) is 4.76. The second kappa shape index (κ2) is 3.70. The molecule has 1 heterocycles. The average molecular weight is 235 g/mol. The standard InChI is InChI=1S/C16H13NO/c1-2-6-11(7-3-1)16-17-15-13-9-5-4-8-12(13)10-14(15)18-16/h1-9,14-15H,10H2. The molecule has 0 bridgehead atoms. The maximum absolute atomic E-state index is 6.00. The summed E-state index contributed by atoms with van der Waals surface area (Å²) in [5, 5.41) is 0. The van der Waals surface area contributed by atoms with E-state index in [4.69, 9.17) is 9.73 Å². The van der Waals surface area contributed by atoms with Gasteiger partial charge in [-0.25, -0.2) is 4.99 Å². The van der Waals surface area contributed by atoms with Crippen molar-refractivity contribution in [3.8, 4) is 0 Å². The molecule has 0 amide bonds. The van der Waals surface area contributed by atoms with Crippen LogP contribution >= 0.6 is 0 Å². The Kier molecular flexibility index (Phi) is 2.04. The number of ether oxygens (including phenoxy) is 1. The topological polar surface area (TPSA) is 21.6 Å². The lowest BCUT2D eigenvalue weighted by Crippen LogP contribution is -2.13. The molecule has 2 atom stereocenters. The van der Waals surface area contributed by atoms with Crippen molar-refractivity contribution in [3.63, 3.8) is 0 Å². The van der Waals surface area contributed by atoms with Crippen LogP contribution in [0.4, 0.5) is 0 Å². The van der Waals surface area contributed by atoms with E-state index in [1.54, 1.807) is 0 Å². The number of hydrogen-bond donors (Lipinski definition) is 0. The third kappa shape index (κ3) is 1.39. The third-order valence-corrected chi connectivity index (χ3v) is 3.69. The summed E-state index contributed by atoms with van der Waals surface area (Å²) in [5.41, 5.74) is 3.78. The van der Waals surface area contributed by atoms with Crippen LogP contribution in [0.15, 0.2) is 59.6 Å². The SMILES string of the molecule is c1ccc(C2=NC3c4ccccc4CC3O2)cc1. The van der Waals surface area contributed by atoms with Crippen molar-refractivity contribution in [2.45, 2.75) is 18.6 Å². The fraction of sp³-hybridized carbons (Fsp3) is 0.188. The van der Waals surface area contributed by atoms with Gasteiger partial charge < -0.3 is 4.74 Å². The van der Waals surface area contributed by atoms with E-state index >= 15 is 0 Å². The van der Waals surface area contributed by atoms with Gasteiger partial charge in [-0.15, -0.1) is 0 Å². The lowest BCUT2D eigenvalue weighted by molar-refractivity contribution is 0.206. The van der Waals surface area contributed by atoms with Crippen molar-refractivity contribution < 1.29 is 4.74 Å². The molecule has 88 valence electrons. The van der Waals surface area contributed by atoms with Crippen LogP contribution in [0, 0.1) is 0 Å². The number of aliphatic imine (C=N–C) groups is 1. The summed E-state index contributed by atoms with van der Waals surface area (Å²) in [7, 11) is 0. The minimum absolute atomic E-state index is 0.191. The Bertz CT molecular complexity index is 618. The number of rotatable bonds is 1. The molecule has 18 heavy (non-hydrogen) atoms. The smallest absolute Gasteiger partial charge is 0.217 e. The predicted molar refractivity (Wildman–Crippen MR) is 70.7 cm³/mol. The molecule has 0 saturated heterocycles. The molecule has 0 N–H and O–H groups in total. The summed E-state index contributed by atoms with van der Waals surface area (Å²) in [6.45, 7) is 0. The van der Waals surface area contributed by atoms with Crippen molar-refractivity contribution >= 4 is 5.90 Å². The first kappa shape index (κ1) is 9.89. The minimum Gasteiger partial charge on any atom is -0.471 e. The maximum atomic E-state index is 6.00. The summed E-state index contributed by atoms with van der Waals surface area (Å²) in [6.07, 6.45) is 1.17. The van der Waals surface area contributed by atoms with Gasteiger partial charge in [-0.05, 0) is 23.3 Å². The van der Waals surface area contributed by atoms with Crippen molar-refractivity contribution in [1.29, 1.82) is 0 Å². The Morgan fingerprint density at radius 2 is 1.72 bits per heavy atom. The Morgan fingerprint density at radius 1 is 0.944 bits per heavy atom. The highest BCUT2D eigenvalue weighted by atomic mass is 16.5. The average Bonchev–Trinajstić information content (AvgIpc) is 2.97. The molecule has 2 aliphatic rings. The van der Waals surface area contributed by atoms with Crippen molar-refractivity contribution in [1.82, 2.24) is 0 Å². The first-order valence-corrected chi connectivity index (χ1v) is 6.29. The zero-order chi connectivity index (χ0) is 11.9. The number of nitrogens with zero attached hydrogens (tertiary/aromatic N) is 1. The number of benzene rings is 2. The van der Waals surface area contributed by atoms with E-state index in [0.29, 0.717) is 0 Å². The van der Waals surface area contributed by atoms with E-state index in [1.165, 1.54) is 11.1 Å². The highest BCUT2D eigenvalue weighted by Gasteiger charge is 2.39. The van der Waals surface area contributed by atoms with Gasteiger partial charge in [0.25, 0.3) is 0 Å². The molecule has 4 rings (SSSR count). The van der Waals surface area contributed by atoms with Gasteiger partial charge in [0.05, 0.1) is 0 Å². The molecular formula is C16H13NO. The van der Waals surface area contributed by atoms with Crippen LogP contribution in [0.3, 0.4) is 0 Å². The molecule has 0 fully saturated rings. The van der Waals surface area contributed by atoms with Gasteiger partial charge in [0.2, 0.25) is 5.90 Å². The van der Waals surface area contributed by atoms with Crippen LogP contribution in [0.2, 0.25) is 0 Å². The van der Waals surface area contributed by atoms with E-state index in [1.807, 2.05) is 30.3 Å². The highest BCUT2D eigenvalue weighted by molar-refractivity contribution is 5.95. The second-order valence-electron chi connectivity index (χ2n) is 4.80. The van der Waals surface area contributed by atoms with Crippen LogP contribution in [-0.2, 0) is 11.2 Å². The summed E-state index contributed by atoms with van der Waals surface area (Å²) >= 11 is 0. The highest BCUT2D eigenvalue weighted by Crippen LogP contribution is 2.40. The molecule has 0 aromatic heterocycles. The number of hydrogen-bond acceptors (Lipinski definition) is 2. The Balaban J connectivity index is 1.74. The largest absolute Gasteiger partial charge is 0.471 e. The molecular weight excluding hydrogens is 222 g/mol. The Morgan fingerprint density at radius 3 is 2.61 bits per heavy atom. The molecule has 2 nitrogen and oxygen atoms in total. The van der Waals surface area contributed by atoms with Gasteiger partial charge in [-0.3, -0.25) is 0 Å². The Hall–Kier alpha value is -2.09. The van der Waals surface area contributed by atoms with E-state index in [9.17, 15) is 0 Å². The maximum Gasteiger partial charge on any atom is 0.217 e. The summed E-state index contributed by atoms with van der Waals surface area (Å²) < 4.78 is 6.00. The molecule has 0 spiro atoms.